The van der Waals surface area contributed by atoms with E-state index in [1.165, 1.54) is 14.2 Å². The number of carbonyl (C=O) groups is 3. The standard InChI is InChI=1S/C26H26N2O6/c1-14-20(25(30)33-3)22(18-7-5-6-12-27-18)23-19(28-14)13-17(21(24(23)29)26(31)34-4)15-8-10-16(32-2)11-9-15/h5-12,17,21-22,28H,13H2,1-4H3. The van der Waals surface area contributed by atoms with Crippen LogP contribution in [-0.2, 0) is 23.9 Å². The van der Waals surface area contributed by atoms with E-state index in [1.807, 2.05) is 12.1 Å². The molecule has 2 aromatic rings. The lowest BCUT2D eigenvalue weighted by Gasteiger charge is -2.39. The van der Waals surface area contributed by atoms with Crippen molar-refractivity contribution >= 4 is 17.7 Å². The molecule has 8 heteroatoms. The second kappa shape index (κ2) is 9.51. The van der Waals surface area contributed by atoms with Gasteiger partial charge in [0.25, 0.3) is 0 Å². The predicted octanol–water partition coefficient (Wildman–Crippen LogP) is 3.02. The number of benzene rings is 1. The minimum Gasteiger partial charge on any atom is -0.497 e. The fraction of sp³-hybridized carbons (Fsp3) is 0.308. The zero-order valence-corrected chi connectivity index (χ0v) is 19.5. The Balaban J connectivity index is 1.88. The molecule has 0 bridgehead atoms. The van der Waals surface area contributed by atoms with Crippen LogP contribution in [0.15, 0.2) is 71.2 Å². The molecule has 0 saturated carbocycles. The molecule has 1 aliphatic heterocycles. The van der Waals surface area contributed by atoms with Crippen LogP contribution in [0.4, 0.5) is 0 Å². The molecule has 2 heterocycles. The molecule has 0 amide bonds. The van der Waals surface area contributed by atoms with E-state index in [0.717, 1.165) is 5.56 Å². The van der Waals surface area contributed by atoms with Crippen molar-refractivity contribution in [2.24, 2.45) is 5.92 Å². The molecule has 1 aromatic heterocycles. The van der Waals surface area contributed by atoms with E-state index in [9.17, 15) is 14.4 Å². The van der Waals surface area contributed by atoms with Crippen LogP contribution in [0.25, 0.3) is 0 Å². The van der Waals surface area contributed by atoms with E-state index in [0.29, 0.717) is 40.4 Å². The van der Waals surface area contributed by atoms with Crippen molar-refractivity contribution < 1.29 is 28.6 Å². The van der Waals surface area contributed by atoms with Crippen molar-refractivity contribution in [3.05, 3.63) is 82.5 Å². The minimum absolute atomic E-state index is 0.291. The van der Waals surface area contributed by atoms with Gasteiger partial charge in [0, 0.05) is 29.1 Å². The summed E-state index contributed by atoms with van der Waals surface area (Å²) in [4.78, 5) is 44.1. The van der Waals surface area contributed by atoms with Crippen molar-refractivity contribution in [2.75, 3.05) is 21.3 Å². The van der Waals surface area contributed by atoms with E-state index < -0.39 is 35.5 Å². The van der Waals surface area contributed by atoms with Crippen molar-refractivity contribution in [1.82, 2.24) is 10.3 Å². The molecule has 3 atom stereocenters. The number of pyridine rings is 1. The maximum Gasteiger partial charge on any atom is 0.336 e. The van der Waals surface area contributed by atoms with Crippen LogP contribution in [0.5, 0.6) is 5.75 Å². The topological polar surface area (TPSA) is 104 Å². The minimum atomic E-state index is -1.07. The molecule has 176 valence electrons. The van der Waals surface area contributed by atoms with Gasteiger partial charge in [0.1, 0.15) is 11.7 Å². The first kappa shape index (κ1) is 23.2. The van der Waals surface area contributed by atoms with Gasteiger partial charge >= 0.3 is 11.9 Å². The zero-order chi connectivity index (χ0) is 24.4. The number of aromatic nitrogens is 1. The number of dihydropyridines is 1. The van der Waals surface area contributed by atoms with Crippen LogP contribution < -0.4 is 10.1 Å². The molecule has 0 saturated heterocycles. The number of nitrogens with one attached hydrogen (secondary N) is 1. The molecule has 0 radical (unpaired) electrons. The quantitative estimate of drug-likeness (QED) is 0.534. The highest BCUT2D eigenvalue weighted by molar-refractivity contribution is 6.13. The Morgan fingerprint density at radius 1 is 1.03 bits per heavy atom. The summed E-state index contributed by atoms with van der Waals surface area (Å²) < 4.78 is 15.3. The van der Waals surface area contributed by atoms with Gasteiger partial charge in [0.15, 0.2) is 5.78 Å². The summed E-state index contributed by atoms with van der Waals surface area (Å²) >= 11 is 0. The second-order valence-corrected chi connectivity index (χ2v) is 8.18. The summed E-state index contributed by atoms with van der Waals surface area (Å²) in [6.45, 7) is 1.77. The molecule has 0 fully saturated rings. The number of hydrogen-bond donors (Lipinski definition) is 1. The van der Waals surface area contributed by atoms with Gasteiger partial charge in [-0.05, 0) is 43.2 Å². The van der Waals surface area contributed by atoms with Gasteiger partial charge in [-0.25, -0.2) is 4.79 Å². The fourth-order valence-corrected chi connectivity index (χ4v) is 4.82. The monoisotopic (exact) mass is 462 g/mol. The first-order valence-corrected chi connectivity index (χ1v) is 10.9. The highest BCUT2D eigenvalue weighted by Crippen LogP contribution is 2.47. The largest absolute Gasteiger partial charge is 0.497 e. The highest BCUT2D eigenvalue weighted by atomic mass is 16.5. The summed E-state index contributed by atoms with van der Waals surface area (Å²) in [5.41, 5.74) is 3.21. The fourth-order valence-electron chi connectivity index (χ4n) is 4.82. The molecule has 3 unspecified atom stereocenters. The van der Waals surface area contributed by atoms with Gasteiger partial charge < -0.3 is 19.5 Å². The Morgan fingerprint density at radius 2 is 1.76 bits per heavy atom. The first-order valence-electron chi connectivity index (χ1n) is 10.9. The van der Waals surface area contributed by atoms with E-state index >= 15 is 0 Å². The third-order valence-electron chi connectivity index (χ3n) is 6.41. The van der Waals surface area contributed by atoms with Gasteiger partial charge in [-0.3, -0.25) is 14.6 Å². The summed E-state index contributed by atoms with van der Waals surface area (Å²) in [6.07, 6.45) is 1.98. The number of esters is 2. The molecule has 4 rings (SSSR count). The lowest BCUT2D eigenvalue weighted by atomic mass is 9.67. The van der Waals surface area contributed by atoms with Crippen LogP contribution in [0.3, 0.4) is 0 Å². The first-order chi connectivity index (χ1) is 16.4. The Labute approximate surface area is 197 Å². The number of methoxy groups -OCH3 is 3. The van der Waals surface area contributed by atoms with Crippen LogP contribution >= 0.6 is 0 Å². The van der Waals surface area contributed by atoms with Gasteiger partial charge in [0.2, 0.25) is 0 Å². The molecule has 0 spiro atoms. The van der Waals surface area contributed by atoms with Gasteiger partial charge in [0.05, 0.1) is 38.5 Å². The smallest absolute Gasteiger partial charge is 0.336 e. The van der Waals surface area contributed by atoms with Crippen LogP contribution in [0, 0.1) is 5.92 Å². The number of hydrogen-bond acceptors (Lipinski definition) is 8. The Morgan fingerprint density at radius 3 is 2.35 bits per heavy atom. The third kappa shape index (κ3) is 3.96. The van der Waals surface area contributed by atoms with Crippen molar-refractivity contribution in [1.29, 1.82) is 0 Å². The van der Waals surface area contributed by atoms with Gasteiger partial charge in [-0.2, -0.15) is 0 Å². The third-order valence-corrected chi connectivity index (χ3v) is 6.41. The lowest BCUT2D eigenvalue weighted by molar-refractivity contribution is -0.150. The average molecular weight is 463 g/mol. The van der Waals surface area contributed by atoms with E-state index in [1.54, 1.807) is 50.6 Å². The maximum atomic E-state index is 14.0. The number of ether oxygens (including phenoxy) is 3. The lowest BCUT2D eigenvalue weighted by Crippen LogP contribution is -2.43. The van der Waals surface area contributed by atoms with Gasteiger partial charge in [-0.1, -0.05) is 18.2 Å². The second-order valence-electron chi connectivity index (χ2n) is 8.18. The number of nitrogens with zero attached hydrogens (tertiary/aromatic N) is 1. The number of Topliss-reactive ketones (excluding diaryl/α,β-unsaturated/α-hetero) is 1. The molecular formula is C26H26N2O6. The molecular weight excluding hydrogens is 436 g/mol. The summed E-state index contributed by atoms with van der Waals surface area (Å²) in [5, 5.41) is 3.25. The molecule has 1 aromatic carbocycles. The van der Waals surface area contributed by atoms with Crippen molar-refractivity contribution in [3.8, 4) is 5.75 Å². The summed E-state index contributed by atoms with van der Waals surface area (Å²) in [6, 6.07) is 12.6. The summed E-state index contributed by atoms with van der Waals surface area (Å²) in [7, 11) is 4.14. The number of rotatable bonds is 5. The molecule has 8 nitrogen and oxygen atoms in total. The average Bonchev–Trinajstić information content (AvgIpc) is 2.87. The molecule has 34 heavy (non-hydrogen) atoms. The predicted molar refractivity (Wildman–Crippen MR) is 123 cm³/mol. The molecule has 1 N–H and O–H groups in total. The Hall–Kier alpha value is -3.94. The van der Waals surface area contributed by atoms with E-state index in [-0.39, 0.29) is 0 Å². The van der Waals surface area contributed by atoms with Crippen LogP contribution in [-0.4, -0.2) is 44.0 Å². The molecule has 1 aliphatic carbocycles. The number of ketones is 1. The van der Waals surface area contributed by atoms with Crippen LogP contribution in [0.2, 0.25) is 0 Å². The normalized spacial score (nSPS) is 22.0. The number of carbonyl (C=O) groups excluding carboxylic acids is 3. The number of allylic oxidation sites excluding steroid dienone is 3. The zero-order valence-electron chi connectivity index (χ0n) is 19.5. The Bertz CT molecular complexity index is 1180. The van der Waals surface area contributed by atoms with Crippen molar-refractivity contribution in [3.63, 3.8) is 0 Å². The Kier molecular flexibility index (Phi) is 6.49. The van der Waals surface area contributed by atoms with Gasteiger partial charge in [-0.15, -0.1) is 0 Å². The molecule has 2 aliphatic rings. The van der Waals surface area contributed by atoms with E-state index in [4.69, 9.17) is 14.2 Å². The highest BCUT2D eigenvalue weighted by Gasteiger charge is 2.49. The van der Waals surface area contributed by atoms with Crippen molar-refractivity contribution in [2.45, 2.75) is 25.2 Å². The van der Waals surface area contributed by atoms with E-state index in [2.05, 4.69) is 10.3 Å². The van der Waals surface area contributed by atoms with Crippen LogP contribution in [0.1, 0.15) is 36.4 Å². The maximum absolute atomic E-state index is 14.0. The summed E-state index contributed by atoms with van der Waals surface area (Å²) in [5.74, 6) is -3.19. The SMILES string of the molecule is COC(=O)C1=C(C)NC2=C(C(=O)C(C(=O)OC)C(c3ccc(OC)cc3)C2)C1c1ccccn1.